The zero-order valence-electron chi connectivity index (χ0n) is 17.6. The highest BCUT2D eigenvalue weighted by atomic mass is 16.5. The van der Waals surface area contributed by atoms with Crippen LogP contribution in [0.25, 0.3) is 22.6 Å². The Morgan fingerprint density at radius 2 is 1.87 bits per heavy atom. The van der Waals surface area contributed by atoms with Crippen LogP contribution in [0.15, 0.2) is 71.1 Å². The Morgan fingerprint density at radius 1 is 1.03 bits per heavy atom. The third kappa shape index (κ3) is 4.86. The molecule has 1 aromatic heterocycles. The van der Waals surface area contributed by atoms with Gasteiger partial charge in [0.2, 0.25) is 5.89 Å². The molecule has 6 nitrogen and oxygen atoms in total. The quantitative estimate of drug-likeness (QED) is 0.360. The van der Waals surface area contributed by atoms with Gasteiger partial charge in [0.1, 0.15) is 17.0 Å². The van der Waals surface area contributed by atoms with E-state index < -0.39 is 0 Å². The molecule has 0 bridgehead atoms. The van der Waals surface area contributed by atoms with Crippen LogP contribution >= 0.6 is 0 Å². The molecule has 0 aliphatic heterocycles. The molecule has 31 heavy (non-hydrogen) atoms. The minimum Gasteiger partial charge on any atom is -0.497 e. The van der Waals surface area contributed by atoms with E-state index in [1.807, 2.05) is 36.4 Å². The summed E-state index contributed by atoms with van der Waals surface area (Å²) in [5.74, 6) is 1.79. The van der Waals surface area contributed by atoms with Crippen LogP contribution in [-0.4, -0.2) is 24.6 Å². The highest BCUT2D eigenvalue weighted by Crippen LogP contribution is 2.28. The maximum Gasteiger partial charge on any atom is 0.255 e. The van der Waals surface area contributed by atoms with Gasteiger partial charge in [0.15, 0.2) is 5.58 Å². The molecule has 4 aromatic rings. The van der Waals surface area contributed by atoms with Gasteiger partial charge in [0.05, 0.1) is 13.7 Å². The van der Waals surface area contributed by atoms with E-state index in [2.05, 4.69) is 17.2 Å². The number of carbonyl (C=O) groups is 1. The van der Waals surface area contributed by atoms with Crippen LogP contribution in [-0.2, 0) is 0 Å². The zero-order chi connectivity index (χ0) is 21.6. The first-order valence-electron chi connectivity index (χ1n) is 10.3. The molecule has 0 atom stereocenters. The summed E-state index contributed by atoms with van der Waals surface area (Å²) in [5.41, 5.74) is 3.33. The lowest BCUT2D eigenvalue weighted by atomic mass is 10.2. The SMILES string of the molecule is CCCCOc1ccc(C(=O)Nc2ccc3oc(-c4cccc(OC)c4)nc3c2)cc1. The smallest absolute Gasteiger partial charge is 0.255 e. The first-order valence-corrected chi connectivity index (χ1v) is 10.3. The van der Waals surface area contributed by atoms with Crippen molar-refractivity contribution in [2.75, 3.05) is 19.0 Å². The van der Waals surface area contributed by atoms with E-state index in [0.717, 1.165) is 29.9 Å². The third-order valence-electron chi connectivity index (χ3n) is 4.85. The molecular formula is C25H24N2O4. The summed E-state index contributed by atoms with van der Waals surface area (Å²) in [6.45, 7) is 2.80. The van der Waals surface area contributed by atoms with E-state index >= 15 is 0 Å². The Morgan fingerprint density at radius 3 is 2.65 bits per heavy atom. The molecular weight excluding hydrogens is 392 g/mol. The summed E-state index contributed by atoms with van der Waals surface area (Å²) in [5, 5.41) is 2.91. The summed E-state index contributed by atoms with van der Waals surface area (Å²) in [6, 6.07) is 20.0. The van der Waals surface area contributed by atoms with Gasteiger partial charge in [0, 0.05) is 16.8 Å². The fraction of sp³-hybridized carbons (Fsp3) is 0.200. The van der Waals surface area contributed by atoms with Gasteiger partial charge in [-0.25, -0.2) is 4.98 Å². The van der Waals surface area contributed by atoms with Crippen LogP contribution in [0.1, 0.15) is 30.1 Å². The van der Waals surface area contributed by atoms with E-state index in [1.165, 1.54) is 0 Å². The average molecular weight is 416 g/mol. The normalized spacial score (nSPS) is 10.8. The highest BCUT2D eigenvalue weighted by molar-refractivity contribution is 6.05. The molecule has 0 aliphatic rings. The number of hydrogen-bond donors (Lipinski definition) is 1. The van der Waals surface area contributed by atoms with Crippen molar-refractivity contribution in [3.05, 3.63) is 72.3 Å². The van der Waals surface area contributed by atoms with Gasteiger partial charge in [0.25, 0.3) is 5.91 Å². The molecule has 0 saturated heterocycles. The number of amides is 1. The molecule has 0 fully saturated rings. The average Bonchev–Trinajstić information content (AvgIpc) is 3.23. The van der Waals surface area contributed by atoms with E-state index in [-0.39, 0.29) is 5.91 Å². The minimum atomic E-state index is -0.198. The number of ether oxygens (including phenoxy) is 2. The van der Waals surface area contributed by atoms with Crippen molar-refractivity contribution in [1.29, 1.82) is 0 Å². The van der Waals surface area contributed by atoms with Crippen LogP contribution < -0.4 is 14.8 Å². The van der Waals surface area contributed by atoms with Crippen LogP contribution in [0.3, 0.4) is 0 Å². The maximum absolute atomic E-state index is 12.6. The molecule has 1 amide bonds. The first-order chi connectivity index (χ1) is 15.2. The predicted molar refractivity (Wildman–Crippen MR) is 121 cm³/mol. The molecule has 0 unspecified atom stereocenters. The molecule has 3 aromatic carbocycles. The topological polar surface area (TPSA) is 73.6 Å². The van der Waals surface area contributed by atoms with E-state index in [1.54, 1.807) is 37.4 Å². The van der Waals surface area contributed by atoms with Crippen molar-refractivity contribution in [3.63, 3.8) is 0 Å². The van der Waals surface area contributed by atoms with Gasteiger partial charge in [-0.1, -0.05) is 19.4 Å². The number of fused-ring (bicyclic) bond motifs is 1. The maximum atomic E-state index is 12.6. The Balaban J connectivity index is 1.47. The van der Waals surface area contributed by atoms with E-state index in [0.29, 0.717) is 34.8 Å². The van der Waals surface area contributed by atoms with Crippen molar-refractivity contribution in [2.45, 2.75) is 19.8 Å². The molecule has 0 radical (unpaired) electrons. The molecule has 0 aliphatic carbocycles. The number of aromatic nitrogens is 1. The number of anilines is 1. The second kappa shape index (κ2) is 9.34. The number of unbranched alkanes of at least 4 members (excludes halogenated alkanes) is 1. The summed E-state index contributed by atoms with van der Waals surface area (Å²) in [4.78, 5) is 17.2. The molecule has 0 spiro atoms. The molecule has 158 valence electrons. The van der Waals surface area contributed by atoms with E-state index in [4.69, 9.17) is 13.9 Å². The van der Waals surface area contributed by atoms with Crippen molar-refractivity contribution in [2.24, 2.45) is 0 Å². The van der Waals surface area contributed by atoms with Crippen LogP contribution in [0.4, 0.5) is 5.69 Å². The Labute approximate surface area is 180 Å². The Kier molecular flexibility index (Phi) is 6.17. The lowest BCUT2D eigenvalue weighted by Crippen LogP contribution is -2.11. The lowest BCUT2D eigenvalue weighted by molar-refractivity contribution is 0.102. The third-order valence-corrected chi connectivity index (χ3v) is 4.85. The highest BCUT2D eigenvalue weighted by Gasteiger charge is 2.12. The molecule has 6 heteroatoms. The van der Waals surface area contributed by atoms with Crippen molar-refractivity contribution in [3.8, 4) is 23.0 Å². The van der Waals surface area contributed by atoms with Crippen LogP contribution in [0, 0.1) is 0 Å². The fourth-order valence-corrected chi connectivity index (χ4v) is 3.12. The van der Waals surface area contributed by atoms with Crippen molar-refractivity contribution >= 4 is 22.7 Å². The van der Waals surface area contributed by atoms with Crippen molar-refractivity contribution < 1.29 is 18.7 Å². The van der Waals surface area contributed by atoms with Gasteiger partial charge in [-0.2, -0.15) is 0 Å². The van der Waals surface area contributed by atoms with E-state index in [9.17, 15) is 4.79 Å². The van der Waals surface area contributed by atoms with Gasteiger partial charge in [-0.05, 0) is 67.1 Å². The fourth-order valence-electron chi connectivity index (χ4n) is 3.12. The van der Waals surface area contributed by atoms with Gasteiger partial charge >= 0.3 is 0 Å². The molecule has 1 heterocycles. The second-order valence-electron chi connectivity index (χ2n) is 7.11. The Bertz CT molecular complexity index is 1180. The number of methoxy groups -OCH3 is 1. The number of nitrogens with one attached hydrogen (secondary N) is 1. The Hall–Kier alpha value is -3.80. The summed E-state index contributed by atoms with van der Waals surface area (Å²) in [7, 11) is 1.62. The summed E-state index contributed by atoms with van der Waals surface area (Å²) in [6.07, 6.45) is 2.09. The predicted octanol–water partition coefficient (Wildman–Crippen LogP) is 5.93. The largest absolute Gasteiger partial charge is 0.497 e. The van der Waals surface area contributed by atoms with Gasteiger partial charge in [-0.3, -0.25) is 4.79 Å². The second-order valence-corrected chi connectivity index (χ2v) is 7.11. The molecule has 4 rings (SSSR count). The number of benzene rings is 3. The minimum absolute atomic E-state index is 0.198. The van der Waals surface area contributed by atoms with Crippen LogP contribution in [0.5, 0.6) is 11.5 Å². The summed E-state index contributed by atoms with van der Waals surface area (Å²) < 4.78 is 16.8. The number of carbonyl (C=O) groups excluding carboxylic acids is 1. The monoisotopic (exact) mass is 416 g/mol. The standard InChI is InChI=1S/C25H24N2O4/c1-3-4-14-30-20-11-8-17(9-12-20)24(28)26-19-10-13-23-22(16-19)27-25(31-23)18-6-5-7-21(15-18)29-2/h5-13,15-16H,3-4,14H2,1-2H3,(H,26,28). The first kappa shape index (κ1) is 20.5. The van der Waals surface area contributed by atoms with Gasteiger partial charge in [-0.15, -0.1) is 0 Å². The summed E-state index contributed by atoms with van der Waals surface area (Å²) >= 11 is 0. The number of nitrogens with zero attached hydrogens (tertiary/aromatic N) is 1. The van der Waals surface area contributed by atoms with Gasteiger partial charge < -0.3 is 19.2 Å². The molecule has 0 saturated carbocycles. The number of rotatable bonds is 8. The van der Waals surface area contributed by atoms with Crippen molar-refractivity contribution in [1.82, 2.24) is 4.98 Å². The molecule has 1 N–H and O–H groups in total. The number of oxazole rings is 1. The number of hydrogen-bond acceptors (Lipinski definition) is 5. The van der Waals surface area contributed by atoms with Crippen LogP contribution in [0.2, 0.25) is 0 Å². The lowest BCUT2D eigenvalue weighted by Gasteiger charge is -2.07. The zero-order valence-corrected chi connectivity index (χ0v) is 17.6.